The smallest absolute Gasteiger partial charge is 0.227 e. The highest BCUT2D eigenvalue weighted by atomic mass is 16.2. The van der Waals surface area contributed by atoms with Crippen LogP contribution in [-0.4, -0.2) is 32.6 Å². The van der Waals surface area contributed by atoms with Gasteiger partial charge in [0.2, 0.25) is 5.91 Å². The predicted molar refractivity (Wildman–Crippen MR) is 82.7 cm³/mol. The highest BCUT2D eigenvalue weighted by Gasteiger charge is 2.42. The van der Waals surface area contributed by atoms with Gasteiger partial charge in [-0.3, -0.25) is 4.79 Å². The number of carbonyl (C=O) groups excluding carboxylic acids is 1. The molecule has 1 aromatic rings. The van der Waals surface area contributed by atoms with Gasteiger partial charge in [0.25, 0.3) is 0 Å². The van der Waals surface area contributed by atoms with Crippen LogP contribution in [0, 0.1) is 5.41 Å². The Hall–Kier alpha value is -1.55. The van der Waals surface area contributed by atoms with Crippen LogP contribution < -0.4 is 16.0 Å². The zero-order chi connectivity index (χ0) is 14.4. The van der Waals surface area contributed by atoms with Crippen LogP contribution in [0.4, 0.5) is 5.69 Å². The van der Waals surface area contributed by atoms with Crippen molar-refractivity contribution in [3.63, 3.8) is 0 Å². The first kappa shape index (κ1) is 14.9. The lowest BCUT2D eigenvalue weighted by atomic mass is 9.68. The van der Waals surface area contributed by atoms with Crippen molar-refractivity contribution in [2.75, 3.05) is 31.6 Å². The summed E-state index contributed by atoms with van der Waals surface area (Å²) in [6.45, 7) is 2.13. The summed E-state index contributed by atoms with van der Waals surface area (Å²) in [4.78, 5) is 14.3. The van der Waals surface area contributed by atoms with Gasteiger partial charge in [-0.25, -0.2) is 0 Å². The van der Waals surface area contributed by atoms with Gasteiger partial charge in [0.15, 0.2) is 0 Å². The molecule has 0 heterocycles. The van der Waals surface area contributed by atoms with E-state index in [1.807, 2.05) is 18.2 Å². The van der Waals surface area contributed by atoms with Gasteiger partial charge in [0.05, 0.1) is 5.41 Å². The number of rotatable bonds is 7. The third kappa shape index (κ3) is 3.31. The van der Waals surface area contributed by atoms with E-state index in [1.54, 1.807) is 0 Å². The van der Waals surface area contributed by atoms with Crippen LogP contribution in [0.1, 0.15) is 25.7 Å². The summed E-state index contributed by atoms with van der Waals surface area (Å²) in [5, 5.41) is 3.04. The second kappa shape index (κ2) is 6.75. The Morgan fingerprint density at radius 3 is 2.60 bits per heavy atom. The molecule has 0 saturated heterocycles. The first-order valence-electron chi connectivity index (χ1n) is 7.42. The number of hydrogen-bond donors (Lipinski definition) is 2. The Balaban J connectivity index is 1.68. The fourth-order valence-corrected chi connectivity index (χ4v) is 2.64. The first-order chi connectivity index (χ1) is 9.68. The number of nitrogens with one attached hydrogen (secondary N) is 1. The number of benzene rings is 1. The molecule has 1 amide bonds. The molecular formula is C16H25N3O. The van der Waals surface area contributed by atoms with Crippen LogP contribution in [-0.2, 0) is 4.79 Å². The van der Waals surface area contributed by atoms with Crippen LogP contribution in [0.2, 0.25) is 0 Å². The van der Waals surface area contributed by atoms with Crippen LogP contribution in [0.25, 0.3) is 0 Å². The van der Waals surface area contributed by atoms with Crippen LogP contribution >= 0.6 is 0 Å². The molecule has 0 spiro atoms. The average molecular weight is 275 g/mol. The number of para-hydroxylation sites is 1. The fraction of sp³-hybridized carbons (Fsp3) is 0.562. The molecule has 110 valence electrons. The molecule has 1 aliphatic carbocycles. The van der Waals surface area contributed by atoms with Crippen molar-refractivity contribution in [3.8, 4) is 0 Å². The molecule has 0 aliphatic heterocycles. The number of anilines is 1. The maximum atomic E-state index is 12.1. The molecule has 3 N–H and O–H groups in total. The molecule has 1 fully saturated rings. The lowest BCUT2D eigenvalue weighted by Crippen LogP contribution is -2.50. The van der Waals surface area contributed by atoms with Gasteiger partial charge in [-0.05, 0) is 31.4 Å². The monoisotopic (exact) mass is 275 g/mol. The summed E-state index contributed by atoms with van der Waals surface area (Å²) in [6, 6.07) is 10.3. The topological polar surface area (TPSA) is 58.4 Å². The van der Waals surface area contributed by atoms with Crippen molar-refractivity contribution in [1.82, 2.24) is 5.32 Å². The van der Waals surface area contributed by atoms with Crippen molar-refractivity contribution in [1.29, 1.82) is 0 Å². The fourth-order valence-electron chi connectivity index (χ4n) is 2.64. The van der Waals surface area contributed by atoms with Crippen molar-refractivity contribution in [2.45, 2.75) is 25.7 Å². The van der Waals surface area contributed by atoms with E-state index < -0.39 is 0 Å². The standard InChI is InChI=1S/C16H25N3O/c1-19(14-7-3-2-4-8-14)12-6-11-18-15(20)16(13-17)9-5-10-16/h2-4,7-8H,5-6,9-13,17H2,1H3,(H,18,20). The minimum absolute atomic E-state index is 0.147. The van der Waals surface area contributed by atoms with Gasteiger partial charge in [0.1, 0.15) is 0 Å². The molecule has 0 aromatic heterocycles. The SMILES string of the molecule is CN(CCCNC(=O)C1(CN)CCC1)c1ccccc1. The molecule has 0 atom stereocenters. The molecule has 0 unspecified atom stereocenters. The van der Waals surface area contributed by atoms with Gasteiger partial charge in [-0.2, -0.15) is 0 Å². The Bertz CT molecular complexity index is 423. The van der Waals surface area contributed by atoms with Crippen molar-refractivity contribution < 1.29 is 4.79 Å². The highest BCUT2D eigenvalue weighted by Crippen LogP contribution is 2.39. The van der Waals surface area contributed by atoms with E-state index in [9.17, 15) is 4.79 Å². The molecule has 2 rings (SSSR count). The number of nitrogens with zero attached hydrogens (tertiary/aromatic N) is 1. The van der Waals surface area contributed by atoms with E-state index in [1.165, 1.54) is 5.69 Å². The third-order valence-corrected chi connectivity index (χ3v) is 4.34. The van der Waals surface area contributed by atoms with Gasteiger partial charge in [-0.15, -0.1) is 0 Å². The number of nitrogens with two attached hydrogens (primary N) is 1. The Morgan fingerprint density at radius 2 is 2.05 bits per heavy atom. The Labute approximate surface area is 121 Å². The number of hydrogen-bond acceptors (Lipinski definition) is 3. The molecule has 0 bridgehead atoms. The number of carbonyl (C=O) groups is 1. The molecule has 4 nitrogen and oxygen atoms in total. The second-order valence-corrected chi connectivity index (χ2v) is 5.70. The minimum atomic E-state index is -0.259. The summed E-state index contributed by atoms with van der Waals surface area (Å²) >= 11 is 0. The normalized spacial score (nSPS) is 16.3. The summed E-state index contributed by atoms with van der Waals surface area (Å²) in [5.74, 6) is 0.147. The van der Waals surface area contributed by atoms with E-state index in [-0.39, 0.29) is 11.3 Å². The maximum absolute atomic E-state index is 12.1. The van der Waals surface area contributed by atoms with Gasteiger partial charge >= 0.3 is 0 Å². The van der Waals surface area contributed by atoms with Crippen LogP contribution in [0.3, 0.4) is 0 Å². The summed E-state index contributed by atoms with van der Waals surface area (Å²) < 4.78 is 0. The minimum Gasteiger partial charge on any atom is -0.375 e. The van der Waals surface area contributed by atoms with E-state index in [0.717, 1.165) is 38.8 Å². The zero-order valence-corrected chi connectivity index (χ0v) is 12.3. The summed E-state index contributed by atoms with van der Waals surface area (Å²) in [7, 11) is 2.07. The Morgan fingerprint density at radius 1 is 1.35 bits per heavy atom. The van der Waals surface area contributed by atoms with Crippen molar-refractivity contribution in [3.05, 3.63) is 30.3 Å². The summed E-state index contributed by atoms with van der Waals surface area (Å²) in [6.07, 6.45) is 3.96. The number of amides is 1. The maximum Gasteiger partial charge on any atom is 0.227 e. The van der Waals surface area contributed by atoms with Gasteiger partial charge < -0.3 is 16.0 Å². The molecule has 20 heavy (non-hydrogen) atoms. The lowest BCUT2D eigenvalue weighted by Gasteiger charge is -2.39. The van der Waals surface area contributed by atoms with E-state index in [0.29, 0.717) is 6.54 Å². The van der Waals surface area contributed by atoms with Crippen LogP contribution in [0.15, 0.2) is 30.3 Å². The quantitative estimate of drug-likeness (QED) is 0.746. The van der Waals surface area contributed by atoms with Gasteiger partial charge in [0, 0.05) is 32.4 Å². The van der Waals surface area contributed by atoms with E-state index in [2.05, 4.69) is 29.4 Å². The Kier molecular flexibility index (Phi) is 5.01. The summed E-state index contributed by atoms with van der Waals surface area (Å²) in [5.41, 5.74) is 6.68. The molecule has 4 heteroatoms. The molecule has 1 saturated carbocycles. The van der Waals surface area contributed by atoms with E-state index >= 15 is 0 Å². The molecule has 1 aromatic carbocycles. The van der Waals surface area contributed by atoms with Gasteiger partial charge in [-0.1, -0.05) is 24.6 Å². The van der Waals surface area contributed by atoms with E-state index in [4.69, 9.17) is 5.73 Å². The molecular weight excluding hydrogens is 250 g/mol. The zero-order valence-electron chi connectivity index (χ0n) is 12.3. The molecule has 0 radical (unpaired) electrons. The largest absolute Gasteiger partial charge is 0.375 e. The second-order valence-electron chi connectivity index (χ2n) is 5.70. The highest BCUT2D eigenvalue weighted by molar-refractivity contribution is 5.83. The lowest BCUT2D eigenvalue weighted by molar-refractivity contribution is -0.135. The predicted octanol–water partition coefficient (Wildman–Crippen LogP) is 1.76. The first-order valence-corrected chi connectivity index (χ1v) is 7.42. The third-order valence-electron chi connectivity index (χ3n) is 4.34. The average Bonchev–Trinajstić information content (AvgIpc) is 2.44. The van der Waals surface area contributed by atoms with Crippen molar-refractivity contribution in [2.24, 2.45) is 11.1 Å². The molecule has 1 aliphatic rings. The van der Waals surface area contributed by atoms with Crippen LogP contribution in [0.5, 0.6) is 0 Å². The van der Waals surface area contributed by atoms with Crippen molar-refractivity contribution >= 4 is 11.6 Å².